The summed E-state index contributed by atoms with van der Waals surface area (Å²) in [7, 11) is 0. The standard InChI is InChI=1S/C15H22N4O/c20-15(14-5-3-7-17-14)19-10-8-18(9-11-19)12-13-4-1-2-6-16-13/h1-2,4,6,14,17H,3,5,7-12H2/t14-/m0/s1. The van der Waals surface area contributed by atoms with E-state index in [4.69, 9.17) is 0 Å². The Bertz CT molecular complexity index is 436. The molecule has 0 aliphatic carbocycles. The molecule has 0 radical (unpaired) electrons. The second kappa shape index (κ2) is 6.33. The third kappa shape index (κ3) is 3.16. The van der Waals surface area contributed by atoms with E-state index in [1.165, 1.54) is 0 Å². The van der Waals surface area contributed by atoms with Crippen LogP contribution in [0.15, 0.2) is 24.4 Å². The van der Waals surface area contributed by atoms with Crippen molar-refractivity contribution in [2.24, 2.45) is 0 Å². The van der Waals surface area contributed by atoms with Gasteiger partial charge in [-0.25, -0.2) is 0 Å². The number of nitrogens with one attached hydrogen (secondary N) is 1. The van der Waals surface area contributed by atoms with Crippen LogP contribution in [0.4, 0.5) is 0 Å². The topological polar surface area (TPSA) is 48.5 Å². The van der Waals surface area contributed by atoms with Crippen LogP contribution in [-0.4, -0.2) is 59.5 Å². The highest BCUT2D eigenvalue weighted by atomic mass is 16.2. The largest absolute Gasteiger partial charge is 0.339 e. The number of amides is 1. The molecule has 0 saturated carbocycles. The van der Waals surface area contributed by atoms with E-state index in [-0.39, 0.29) is 6.04 Å². The number of piperazine rings is 1. The molecule has 3 heterocycles. The molecule has 1 aromatic heterocycles. The number of carbonyl (C=O) groups is 1. The molecule has 108 valence electrons. The second-order valence-electron chi connectivity index (χ2n) is 5.57. The molecule has 1 amide bonds. The zero-order valence-electron chi connectivity index (χ0n) is 11.8. The summed E-state index contributed by atoms with van der Waals surface area (Å²) in [5.41, 5.74) is 1.10. The van der Waals surface area contributed by atoms with Crippen molar-refractivity contribution in [1.82, 2.24) is 20.1 Å². The first-order chi connectivity index (χ1) is 9.83. The quantitative estimate of drug-likeness (QED) is 0.871. The van der Waals surface area contributed by atoms with Gasteiger partial charge < -0.3 is 10.2 Å². The van der Waals surface area contributed by atoms with E-state index in [0.717, 1.165) is 57.8 Å². The van der Waals surface area contributed by atoms with Crippen LogP contribution in [0.3, 0.4) is 0 Å². The van der Waals surface area contributed by atoms with Gasteiger partial charge in [0.25, 0.3) is 0 Å². The van der Waals surface area contributed by atoms with Crippen molar-refractivity contribution >= 4 is 5.91 Å². The van der Waals surface area contributed by atoms with Crippen molar-refractivity contribution in [2.75, 3.05) is 32.7 Å². The Morgan fingerprint density at radius 3 is 2.80 bits per heavy atom. The molecule has 0 bridgehead atoms. The van der Waals surface area contributed by atoms with Gasteiger partial charge in [-0.15, -0.1) is 0 Å². The number of nitrogens with zero attached hydrogens (tertiary/aromatic N) is 3. The Labute approximate surface area is 120 Å². The smallest absolute Gasteiger partial charge is 0.239 e. The molecule has 1 aromatic rings. The predicted octanol–water partition coefficient (Wildman–Crippen LogP) is 0.478. The van der Waals surface area contributed by atoms with Crippen molar-refractivity contribution in [3.63, 3.8) is 0 Å². The van der Waals surface area contributed by atoms with E-state index >= 15 is 0 Å². The summed E-state index contributed by atoms with van der Waals surface area (Å²) >= 11 is 0. The maximum atomic E-state index is 12.3. The zero-order valence-corrected chi connectivity index (χ0v) is 11.8. The van der Waals surface area contributed by atoms with Crippen molar-refractivity contribution in [3.8, 4) is 0 Å². The molecule has 1 atom stereocenters. The van der Waals surface area contributed by atoms with Crippen LogP contribution in [0.1, 0.15) is 18.5 Å². The lowest BCUT2D eigenvalue weighted by Crippen LogP contribution is -2.52. The van der Waals surface area contributed by atoms with E-state index in [2.05, 4.69) is 21.3 Å². The highest BCUT2D eigenvalue weighted by molar-refractivity contribution is 5.82. The molecular formula is C15H22N4O. The first kappa shape index (κ1) is 13.5. The van der Waals surface area contributed by atoms with Gasteiger partial charge in [0.1, 0.15) is 0 Å². The Hall–Kier alpha value is -1.46. The Kier molecular flexibility index (Phi) is 4.28. The van der Waals surface area contributed by atoms with Gasteiger partial charge in [0.05, 0.1) is 11.7 Å². The number of carbonyl (C=O) groups excluding carboxylic acids is 1. The van der Waals surface area contributed by atoms with Gasteiger partial charge in [-0.2, -0.15) is 0 Å². The molecule has 5 nitrogen and oxygen atoms in total. The minimum atomic E-state index is 0.0670. The van der Waals surface area contributed by atoms with Crippen molar-refractivity contribution < 1.29 is 4.79 Å². The fourth-order valence-electron chi connectivity index (χ4n) is 2.96. The average Bonchev–Trinajstić information content (AvgIpc) is 3.03. The van der Waals surface area contributed by atoms with Gasteiger partial charge in [-0.3, -0.25) is 14.7 Å². The molecule has 3 rings (SSSR count). The number of hydrogen-bond acceptors (Lipinski definition) is 4. The van der Waals surface area contributed by atoms with Gasteiger partial charge in [0.2, 0.25) is 5.91 Å². The Morgan fingerprint density at radius 1 is 1.30 bits per heavy atom. The van der Waals surface area contributed by atoms with Crippen molar-refractivity contribution in [2.45, 2.75) is 25.4 Å². The second-order valence-corrected chi connectivity index (χ2v) is 5.57. The summed E-state index contributed by atoms with van der Waals surface area (Å²) in [6.07, 6.45) is 3.95. The van der Waals surface area contributed by atoms with Gasteiger partial charge >= 0.3 is 0 Å². The molecule has 2 aliphatic rings. The summed E-state index contributed by atoms with van der Waals surface area (Å²) in [4.78, 5) is 21.0. The number of aromatic nitrogens is 1. The lowest BCUT2D eigenvalue weighted by Gasteiger charge is -2.35. The van der Waals surface area contributed by atoms with Crippen LogP contribution in [0.5, 0.6) is 0 Å². The van der Waals surface area contributed by atoms with Crippen LogP contribution in [0.25, 0.3) is 0 Å². The molecule has 0 spiro atoms. The van der Waals surface area contributed by atoms with E-state index in [1.54, 1.807) is 0 Å². The van der Waals surface area contributed by atoms with Crippen LogP contribution in [-0.2, 0) is 11.3 Å². The molecule has 0 aromatic carbocycles. The molecule has 2 saturated heterocycles. The van der Waals surface area contributed by atoms with E-state index in [1.807, 2.05) is 23.2 Å². The van der Waals surface area contributed by atoms with Crippen LogP contribution < -0.4 is 5.32 Å². The fourth-order valence-corrected chi connectivity index (χ4v) is 2.96. The summed E-state index contributed by atoms with van der Waals surface area (Å²) in [6.45, 7) is 5.42. The monoisotopic (exact) mass is 274 g/mol. The highest BCUT2D eigenvalue weighted by Crippen LogP contribution is 2.12. The maximum absolute atomic E-state index is 12.3. The molecule has 5 heteroatoms. The molecular weight excluding hydrogens is 252 g/mol. The number of pyridine rings is 1. The molecule has 2 aliphatic heterocycles. The molecule has 20 heavy (non-hydrogen) atoms. The predicted molar refractivity (Wildman–Crippen MR) is 77.1 cm³/mol. The van der Waals surface area contributed by atoms with Crippen molar-refractivity contribution in [3.05, 3.63) is 30.1 Å². The third-order valence-electron chi connectivity index (χ3n) is 4.15. The van der Waals surface area contributed by atoms with E-state index in [0.29, 0.717) is 5.91 Å². The highest BCUT2D eigenvalue weighted by Gasteiger charge is 2.29. The van der Waals surface area contributed by atoms with E-state index in [9.17, 15) is 4.79 Å². The summed E-state index contributed by atoms with van der Waals surface area (Å²) in [5.74, 6) is 0.292. The molecule has 0 unspecified atom stereocenters. The minimum absolute atomic E-state index is 0.0670. The lowest BCUT2D eigenvalue weighted by molar-refractivity contribution is -0.134. The molecule has 1 N–H and O–H groups in total. The van der Waals surface area contributed by atoms with Gasteiger partial charge in [0, 0.05) is 38.9 Å². The summed E-state index contributed by atoms with van der Waals surface area (Å²) < 4.78 is 0. The fraction of sp³-hybridized carbons (Fsp3) is 0.600. The van der Waals surface area contributed by atoms with E-state index < -0.39 is 0 Å². The van der Waals surface area contributed by atoms with Gasteiger partial charge in [-0.1, -0.05) is 6.07 Å². The number of rotatable bonds is 3. The average molecular weight is 274 g/mol. The van der Waals surface area contributed by atoms with Crippen LogP contribution in [0.2, 0.25) is 0 Å². The van der Waals surface area contributed by atoms with Crippen LogP contribution >= 0.6 is 0 Å². The normalized spacial score (nSPS) is 24.0. The van der Waals surface area contributed by atoms with Gasteiger partial charge in [-0.05, 0) is 31.5 Å². The molecule has 2 fully saturated rings. The first-order valence-corrected chi connectivity index (χ1v) is 7.47. The maximum Gasteiger partial charge on any atom is 0.239 e. The summed E-state index contributed by atoms with van der Waals surface area (Å²) in [5, 5.41) is 3.29. The van der Waals surface area contributed by atoms with Crippen LogP contribution in [0, 0.1) is 0 Å². The zero-order chi connectivity index (χ0) is 13.8. The first-order valence-electron chi connectivity index (χ1n) is 7.47. The Morgan fingerprint density at radius 2 is 2.15 bits per heavy atom. The Balaban J connectivity index is 1.48. The lowest BCUT2D eigenvalue weighted by atomic mass is 10.2. The minimum Gasteiger partial charge on any atom is -0.339 e. The SMILES string of the molecule is O=C([C@@H]1CCCN1)N1CCN(Cc2ccccn2)CC1. The van der Waals surface area contributed by atoms with Gasteiger partial charge in [0.15, 0.2) is 0 Å². The van der Waals surface area contributed by atoms with Crippen molar-refractivity contribution in [1.29, 1.82) is 0 Å². The summed E-state index contributed by atoms with van der Waals surface area (Å²) in [6, 6.07) is 6.08. The number of hydrogen-bond donors (Lipinski definition) is 1. The third-order valence-corrected chi connectivity index (χ3v) is 4.15.